The van der Waals surface area contributed by atoms with Gasteiger partial charge in [-0.1, -0.05) is 67.1 Å². The number of carbonyl (C=O) groups excluding carboxylic acids is 5. The number of rotatable bonds is 27. The Morgan fingerprint density at radius 2 is 1.16 bits per heavy atom. The van der Waals surface area contributed by atoms with E-state index in [2.05, 4.69) is 37.0 Å². The van der Waals surface area contributed by atoms with Gasteiger partial charge in [-0.25, -0.2) is 25.2 Å². The second kappa shape index (κ2) is 26.1. The number of carboxylic acids is 3. The van der Waals surface area contributed by atoms with E-state index in [1.54, 1.807) is 0 Å². The van der Waals surface area contributed by atoms with Crippen molar-refractivity contribution in [2.24, 2.45) is 5.84 Å². The van der Waals surface area contributed by atoms with Gasteiger partial charge < -0.3 is 52.6 Å². The molecular weight excluding hydrogens is 795 g/mol. The van der Waals surface area contributed by atoms with Gasteiger partial charge in [0, 0.05) is 38.5 Å². The molecular formula is C41H53N9O11. The van der Waals surface area contributed by atoms with E-state index < -0.39 is 72.2 Å². The first kappa shape index (κ1) is 48.3. The van der Waals surface area contributed by atoms with Crippen molar-refractivity contribution in [2.75, 3.05) is 18.5 Å². The maximum Gasteiger partial charge on any atom is 0.326 e. The average Bonchev–Trinajstić information content (AvgIpc) is 3.23. The normalized spacial score (nSPS) is 12.6. The number of nitrogens with two attached hydrogens (primary N) is 1. The molecule has 1 heterocycles. The van der Waals surface area contributed by atoms with Crippen molar-refractivity contribution in [2.45, 2.75) is 88.4 Å². The summed E-state index contributed by atoms with van der Waals surface area (Å²) in [5.41, 5.74) is 4.20. The third-order valence-corrected chi connectivity index (χ3v) is 9.20. The number of carbonyl (C=O) groups is 8. The summed E-state index contributed by atoms with van der Waals surface area (Å²) in [6.07, 6.45) is 3.32. The number of amides is 6. The Morgan fingerprint density at radius 1 is 0.590 bits per heavy atom. The van der Waals surface area contributed by atoms with Crippen LogP contribution in [0.1, 0.15) is 72.9 Å². The molecule has 3 aromatic rings. The number of pyridine rings is 1. The number of nitrogens with zero attached hydrogens (tertiary/aromatic N) is 1. The summed E-state index contributed by atoms with van der Waals surface area (Å²) < 4.78 is 0. The van der Waals surface area contributed by atoms with E-state index in [1.165, 1.54) is 18.3 Å². The third-order valence-electron chi connectivity index (χ3n) is 9.20. The minimum atomic E-state index is -1.74. The number of benzene rings is 2. The van der Waals surface area contributed by atoms with Crippen molar-refractivity contribution in [3.8, 4) is 0 Å². The number of hydrazine groups is 1. The molecule has 4 atom stereocenters. The van der Waals surface area contributed by atoms with Crippen LogP contribution in [0.15, 0.2) is 79.0 Å². The van der Waals surface area contributed by atoms with E-state index in [9.17, 15) is 43.5 Å². The Bertz CT molecular complexity index is 1920. The molecule has 0 spiro atoms. The SMILES string of the molecule is NNc1ccc(C(=O)N[C@H](Cc2ccccc2)C(=O)N[C@H](Cc2ccccc2)C(=O)NCCCCCC(=O)NCCCC[C@H](NC(=O)N[C@@H](CC(=O)O)C(=O)O)C(=O)O)cn1. The highest BCUT2D eigenvalue weighted by molar-refractivity contribution is 5.98. The first-order valence-corrected chi connectivity index (χ1v) is 19.7. The maximum atomic E-state index is 13.8. The van der Waals surface area contributed by atoms with E-state index in [1.807, 2.05) is 66.0 Å². The number of anilines is 1. The summed E-state index contributed by atoms with van der Waals surface area (Å²) in [6.45, 7) is 0.522. The van der Waals surface area contributed by atoms with Gasteiger partial charge in [-0.15, -0.1) is 0 Å². The van der Waals surface area contributed by atoms with Crippen LogP contribution in [0.25, 0.3) is 0 Å². The quantitative estimate of drug-likeness (QED) is 0.0291. The highest BCUT2D eigenvalue weighted by Gasteiger charge is 2.29. The lowest BCUT2D eigenvalue weighted by Gasteiger charge is -2.23. The van der Waals surface area contributed by atoms with Crippen molar-refractivity contribution in [3.63, 3.8) is 0 Å². The lowest BCUT2D eigenvalue weighted by Crippen LogP contribution is -2.55. The highest BCUT2D eigenvalue weighted by atomic mass is 16.4. The fraction of sp³-hybridized carbons (Fsp3) is 0.390. The molecule has 0 aliphatic heterocycles. The van der Waals surface area contributed by atoms with Crippen LogP contribution in [0, 0.1) is 0 Å². The number of aliphatic carboxylic acids is 3. The van der Waals surface area contributed by atoms with Crippen LogP contribution < -0.4 is 43.2 Å². The molecule has 3 rings (SSSR count). The summed E-state index contributed by atoms with van der Waals surface area (Å²) >= 11 is 0. The molecule has 0 fully saturated rings. The number of nitrogen functional groups attached to an aromatic ring is 1. The van der Waals surface area contributed by atoms with Gasteiger partial charge in [0.05, 0.1) is 12.0 Å². The summed E-state index contributed by atoms with van der Waals surface area (Å²) in [4.78, 5) is 103. The molecule has 0 saturated carbocycles. The lowest BCUT2D eigenvalue weighted by molar-refractivity contribution is -0.145. The Labute approximate surface area is 351 Å². The predicted molar refractivity (Wildman–Crippen MR) is 221 cm³/mol. The molecule has 2 aromatic carbocycles. The molecule has 0 aliphatic carbocycles. The zero-order chi connectivity index (χ0) is 44.6. The fourth-order valence-corrected chi connectivity index (χ4v) is 5.95. The summed E-state index contributed by atoms with van der Waals surface area (Å²) in [5, 5.41) is 42.6. The molecule has 0 unspecified atom stereocenters. The predicted octanol–water partition coefficient (Wildman–Crippen LogP) is 1.08. The van der Waals surface area contributed by atoms with Gasteiger partial charge in [0.1, 0.15) is 30.0 Å². The third kappa shape index (κ3) is 18.6. The fourth-order valence-electron chi connectivity index (χ4n) is 5.95. The van der Waals surface area contributed by atoms with Gasteiger partial charge >= 0.3 is 23.9 Å². The Balaban J connectivity index is 1.45. The molecule has 0 bridgehead atoms. The number of carboxylic acid groups (broad SMARTS) is 3. The molecule has 1 aromatic heterocycles. The van der Waals surface area contributed by atoms with Crippen LogP contribution in [0.5, 0.6) is 0 Å². The minimum absolute atomic E-state index is 0.0250. The Hall–Kier alpha value is -7.09. The van der Waals surface area contributed by atoms with Gasteiger partial charge in [0.15, 0.2) is 0 Å². The summed E-state index contributed by atoms with van der Waals surface area (Å²) in [6, 6.07) is 15.1. The largest absolute Gasteiger partial charge is 0.481 e. The van der Waals surface area contributed by atoms with Gasteiger partial charge in [-0.05, 0) is 55.4 Å². The number of hydrogen-bond donors (Lipinski definition) is 11. The van der Waals surface area contributed by atoms with Gasteiger partial charge in [-0.3, -0.25) is 24.0 Å². The van der Waals surface area contributed by atoms with E-state index >= 15 is 0 Å². The van der Waals surface area contributed by atoms with Crippen LogP contribution in [0.4, 0.5) is 10.6 Å². The smallest absolute Gasteiger partial charge is 0.326 e. The molecule has 0 radical (unpaired) electrons. The number of urea groups is 1. The number of hydrogen-bond acceptors (Lipinski definition) is 11. The molecule has 20 nitrogen and oxygen atoms in total. The maximum absolute atomic E-state index is 13.8. The summed E-state index contributed by atoms with van der Waals surface area (Å²) in [5.74, 6) is -0.418. The summed E-state index contributed by atoms with van der Waals surface area (Å²) in [7, 11) is 0. The number of unbranched alkanes of at least 4 members (excludes halogenated alkanes) is 3. The van der Waals surface area contributed by atoms with Crippen molar-refractivity contribution < 1.29 is 53.7 Å². The average molecular weight is 848 g/mol. The molecule has 61 heavy (non-hydrogen) atoms. The van der Waals surface area contributed by atoms with E-state index in [0.29, 0.717) is 37.9 Å². The molecule has 328 valence electrons. The topological polar surface area (TPSA) is 320 Å². The van der Waals surface area contributed by atoms with Crippen LogP contribution in [-0.4, -0.2) is 105 Å². The van der Waals surface area contributed by atoms with E-state index in [0.717, 1.165) is 11.1 Å². The van der Waals surface area contributed by atoms with Gasteiger partial charge in [-0.2, -0.15) is 0 Å². The molecule has 0 aliphatic rings. The zero-order valence-electron chi connectivity index (χ0n) is 33.4. The Kier molecular flexibility index (Phi) is 20.7. The first-order chi connectivity index (χ1) is 29.2. The van der Waals surface area contributed by atoms with Gasteiger partial charge in [0.25, 0.3) is 5.91 Å². The second-order valence-electron chi connectivity index (χ2n) is 14.0. The van der Waals surface area contributed by atoms with Crippen molar-refractivity contribution in [3.05, 3.63) is 95.7 Å². The van der Waals surface area contributed by atoms with E-state index in [-0.39, 0.29) is 50.2 Å². The van der Waals surface area contributed by atoms with E-state index in [4.69, 9.17) is 16.1 Å². The van der Waals surface area contributed by atoms with Crippen molar-refractivity contribution >= 4 is 53.4 Å². The van der Waals surface area contributed by atoms with Gasteiger partial charge in [0.2, 0.25) is 17.7 Å². The number of nitrogens with one attached hydrogen (secondary N) is 7. The standard InChI is InChI=1S/C41H53N9O11/c42-50-33-19-18-28(25-45-33)36(54)46-31(23-27-14-6-2-7-15-27)38(56)47-30(22-26-12-4-1-5-13-26)37(55)44-21-10-3-8-17-34(51)43-20-11-9-16-29(39(57)58)48-41(61)49-32(40(59)60)24-35(52)53/h1-2,4-7,12-15,18-19,25,29-32H,3,8-11,16-17,20-24,42H2,(H,43,51)(H,44,55)(H,45,50)(H,46,54)(H,47,56)(H,52,53)(H,57,58)(H,59,60)(H2,48,49,61)/t29-,30+,31+,32-/m0/s1. The van der Waals surface area contributed by atoms with Crippen LogP contribution in [-0.2, 0) is 41.6 Å². The lowest BCUT2D eigenvalue weighted by atomic mass is 10.0. The van der Waals surface area contributed by atoms with Crippen LogP contribution >= 0.6 is 0 Å². The molecule has 12 N–H and O–H groups in total. The number of aromatic nitrogens is 1. The second-order valence-corrected chi connectivity index (χ2v) is 14.0. The first-order valence-electron chi connectivity index (χ1n) is 19.7. The molecule has 6 amide bonds. The highest BCUT2D eigenvalue weighted by Crippen LogP contribution is 2.10. The Morgan fingerprint density at radius 3 is 1.72 bits per heavy atom. The molecule has 0 saturated heterocycles. The van der Waals surface area contributed by atoms with Crippen molar-refractivity contribution in [1.82, 2.24) is 36.9 Å². The monoisotopic (exact) mass is 847 g/mol. The van der Waals surface area contributed by atoms with Crippen LogP contribution in [0.2, 0.25) is 0 Å². The minimum Gasteiger partial charge on any atom is -0.481 e. The zero-order valence-corrected chi connectivity index (χ0v) is 33.4. The van der Waals surface area contributed by atoms with Crippen molar-refractivity contribution in [1.29, 1.82) is 0 Å². The van der Waals surface area contributed by atoms with Crippen LogP contribution in [0.3, 0.4) is 0 Å². The molecule has 20 heteroatoms.